The topological polar surface area (TPSA) is 61.0 Å². The third-order valence-corrected chi connectivity index (χ3v) is 14.2. The lowest BCUT2D eigenvalue weighted by Gasteiger charge is -2.59. The molecule has 0 N–H and O–H groups in total. The molecule has 0 aliphatic heterocycles. The first-order chi connectivity index (χ1) is 33.4. The summed E-state index contributed by atoms with van der Waals surface area (Å²) in [7, 11) is 0. The predicted octanol–water partition coefficient (Wildman–Crippen LogP) is 16.0. The third kappa shape index (κ3) is 7.09. The number of fused-ring (bicyclic) bond motifs is 3. The van der Waals surface area contributed by atoms with E-state index >= 15 is 0 Å². The first-order valence-electron chi connectivity index (χ1n) is 26.2. The van der Waals surface area contributed by atoms with E-state index in [1.165, 1.54) is 12.1 Å². The van der Waals surface area contributed by atoms with Crippen molar-refractivity contribution in [2.45, 2.75) is 102 Å². The average molecular weight is 828 g/mol. The minimum atomic E-state index is -2.80. The lowest BCUT2D eigenvalue weighted by Crippen LogP contribution is -2.49. The summed E-state index contributed by atoms with van der Waals surface area (Å²) >= 11 is 0. The first-order valence-corrected chi connectivity index (χ1v) is 21.2. The van der Waals surface area contributed by atoms with Crippen LogP contribution in [0.1, 0.15) is 113 Å². The number of nitrogens with zero attached hydrogens (tertiary/aromatic N) is 3. The zero-order valence-corrected chi connectivity index (χ0v) is 37.0. The molecule has 1 fully saturated rings. The molecule has 0 radical (unpaired) electrons. The second kappa shape index (κ2) is 15.1. The van der Waals surface area contributed by atoms with Crippen LogP contribution in [0.15, 0.2) is 114 Å². The second-order valence-electron chi connectivity index (χ2n) is 19.0. The van der Waals surface area contributed by atoms with Crippen LogP contribution in [0, 0.1) is 57.6 Å². The molecule has 4 aromatic carbocycles. The number of aromatic nitrogens is 3. The van der Waals surface area contributed by atoms with Crippen LogP contribution in [-0.2, 0) is 0 Å². The van der Waals surface area contributed by atoms with Gasteiger partial charge in [-0.05, 0) is 180 Å². The molecule has 62 heavy (non-hydrogen) atoms. The number of benzene rings is 4. The van der Waals surface area contributed by atoms with Gasteiger partial charge in [-0.15, -0.1) is 0 Å². The van der Waals surface area contributed by atoms with E-state index in [4.69, 9.17) is 31.5 Å². The fourth-order valence-corrected chi connectivity index (χ4v) is 9.34. The van der Waals surface area contributed by atoms with Gasteiger partial charge in [0.1, 0.15) is 17.1 Å². The summed E-state index contributed by atoms with van der Waals surface area (Å²) in [5, 5.41) is 1.35. The number of furan rings is 1. The highest BCUT2D eigenvalue weighted by Gasteiger charge is 2.53. The molecule has 0 saturated heterocycles. The van der Waals surface area contributed by atoms with Crippen molar-refractivity contribution < 1.29 is 22.9 Å². The molecule has 4 heterocycles. The van der Waals surface area contributed by atoms with Crippen LogP contribution in [0.4, 0.5) is 0 Å². The predicted molar refractivity (Wildman–Crippen MR) is 257 cm³/mol. The van der Waals surface area contributed by atoms with Gasteiger partial charge in [0, 0.05) is 53.7 Å². The fourth-order valence-electron chi connectivity index (χ4n) is 9.34. The zero-order chi connectivity index (χ0) is 52.3. The van der Waals surface area contributed by atoms with Gasteiger partial charge in [-0.3, -0.25) is 9.97 Å². The first kappa shape index (κ1) is 30.9. The highest BCUT2D eigenvalue weighted by molar-refractivity contribution is 6.09. The molecular formula is C57H59N3O2. The van der Waals surface area contributed by atoms with Crippen LogP contribution < -0.4 is 4.74 Å². The summed E-state index contributed by atoms with van der Waals surface area (Å²) < 4.78 is 99.0. The van der Waals surface area contributed by atoms with Crippen LogP contribution in [0.3, 0.4) is 0 Å². The van der Waals surface area contributed by atoms with E-state index < -0.39 is 32.0 Å². The average Bonchev–Trinajstić information content (AvgIpc) is 3.64. The number of aryl methyl sites for hydroxylation is 5. The lowest BCUT2D eigenvalue weighted by atomic mass is 9.46. The number of rotatable bonds is 7. The van der Waals surface area contributed by atoms with Crippen molar-refractivity contribution in [1.82, 2.24) is 15.0 Å². The summed E-state index contributed by atoms with van der Waals surface area (Å²) in [6, 6.07) is 29.0. The molecule has 0 bridgehead atoms. The van der Waals surface area contributed by atoms with Gasteiger partial charge in [-0.25, -0.2) is 4.98 Å². The van der Waals surface area contributed by atoms with Crippen LogP contribution in [0.25, 0.3) is 66.8 Å². The molecule has 1 aliphatic carbocycles. The van der Waals surface area contributed by atoms with Gasteiger partial charge in [0.15, 0.2) is 0 Å². The van der Waals surface area contributed by atoms with E-state index in [-0.39, 0.29) is 50.1 Å². The van der Waals surface area contributed by atoms with Gasteiger partial charge in [-0.2, -0.15) is 0 Å². The molecule has 314 valence electrons. The summed E-state index contributed by atoms with van der Waals surface area (Å²) in [5.41, 5.74) is 7.93. The monoisotopic (exact) mass is 828 g/mol. The Hall–Kier alpha value is -6.07. The van der Waals surface area contributed by atoms with E-state index in [2.05, 4.69) is 71.6 Å². The molecule has 9 rings (SSSR count). The smallest absolute Gasteiger partial charge is 0.227 e. The van der Waals surface area contributed by atoms with Gasteiger partial charge >= 0.3 is 0 Å². The molecule has 5 heteroatoms. The molecule has 1 saturated carbocycles. The normalized spacial score (nSPS) is 19.4. The molecule has 0 atom stereocenters. The SMILES string of the molecule is [2H]C([2H])([2H])c1cnc(-c2cc(Oc3cc(-c4cc(-c5ccc(C6([2H])CC(C)(C)C(C)(C)C(C)(C)C6)cc5C)c(C)cn4)c4oc5nc(C)ccc5c4c3)c(C([2H])([2H])[2H])c(-c3ccccc3)c2)cc1C([2H])([2H])[2H]. The molecular weight excluding hydrogens is 759 g/mol. The van der Waals surface area contributed by atoms with E-state index in [0.717, 1.165) is 52.5 Å². The number of hydrogen-bond donors (Lipinski definition) is 0. The standard InChI is InChI=1S/C57H59N3O2/c1-33-23-50(58-31-35(33)3)41-24-47(39-16-14-13-15-17-39)38(6)52(25-41)61-43-26-48-45-20-18-37(5)60-54(45)62-53(48)49(27-43)51-28-46(36(4)32-59-51)44-21-19-40(22-34(44)2)42-29-55(7,8)57(11,12)56(9,10)30-42/h13-28,31-32,42H,29-30H2,1-12H3/i1D3,3D3,6D3,42D. The zero-order valence-electron chi connectivity index (χ0n) is 47.0. The Labute approximate surface area is 381 Å². The molecule has 5 nitrogen and oxygen atoms in total. The Morgan fingerprint density at radius 2 is 1.37 bits per heavy atom. The Bertz CT molecular complexity index is 3420. The van der Waals surface area contributed by atoms with Gasteiger partial charge in [-0.1, -0.05) is 90.1 Å². The minimum absolute atomic E-state index is 0.0292. The number of ether oxygens (including phenoxy) is 1. The maximum absolute atomic E-state index is 9.95. The molecule has 8 aromatic rings. The van der Waals surface area contributed by atoms with E-state index in [0.29, 0.717) is 44.5 Å². The number of hydrogen-bond acceptors (Lipinski definition) is 5. The summed E-state index contributed by atoms with van der Waals surface area (Å²) in [6.45, 7) is 11.6. The molecule has 0 amide bonds. The molecule has 0 unspecified atom stereocenters. The van der Waals surface area contributed by atoms with Crippen molar-refractivity contribution in [3.63, 3.8) is 0 Å². The molecule has 1 aliphatic rings. The van der Waals surface area contributed by atoms with Gasteiger partial charge in [0.05, 0.1) is 11.4 Å². The quantitative estimate of drug-likeness (QED) is 0.160. The van der Waals surface area contributed by atoms with Gasteiger partial charge in [0.25, 0.3) is 0 Å². The van der Waals surface area contributed by atoms with Gasteiger partial charge < -0.3 is 9.15 Å². The van der Waals surface area contributed by atoms with E-state index in [1.807, 2.05) is 44.3 Å². The highest BCUT2D eigenvalue weighted by atomic mass is 16.5. The highest BCUT2D eigenvalue weighted by Crippen LogP contribution is 2.63. The lowest BCUT2D eigenvalue weighted by molar-refractivity contribution is -0.0744. The maximum atomic E-state index is 9.95. The van der Waals surface area contributed by atoms with Crippen molar-refractivity contribution in [2.75, 3.05) is 0 Å². The van der Waals surface area contributed by atoms with E-state index in [1.54, 1.807) is 42.5 Å². The summed E-state index contributed by atoms with van der Waals surface area (Å²) in [6.07, 6.45) is 4.35. The molecule has 4 aromatic heterocycles. The van der Waals surface area contributed by atoms with Crippen molar-refractivity contribution in [1.29, 1.82) is 0 Å². The second-order valence-corrected chi connectivity index (χ2v) is 19.0. The fraction of sp³-hybridized carbons (Fsp3) is 0.316. The van der Waals surface area contributed by atoms with Crippen molar-refractivity contribution >= 4 is 22.1 Å². The Morgan fingerprint density at radius 1 is 0.629 bits per heavy atom. The summed E-state index contributed by atoms with van der Waals surface area (Å²) in [5.74, 6) is -0.570. The number of pyridine rings is 3. The van der Waals surface area contributed by atoms with Crippen LogP contribution >= 0.6 is 0 Å². The Morgan fingerprint density at radius 3 is 2.10 bits per heavy atom. The summed E-state index contributed by atoms with van der Waals surface area (Å²) in [4.78, 5) is 14.1. The Balaban J connectivity index is 1.22. The van der Waals surface area contributed by atoms with Crippen LogP contribution in [0.2, 0.25) is 0 Å². The van der Waals surface area contributed by atoms with Crippen molar-refractivity contribution in [3.05, 3.63) is 149 Å². The van der Waals surface area contributed by atoms with Crippen molar-refractivity contribution in [3.8, 4) is 56.3 Å². The largest absolute Gasteiger partial charge is 0.457 e. The third-order valence-electron chi connectivity index (χ3n) is 14.2. The van der Waals surface area contributed by atoms with Crippen molar-refractivity contribution in [2.24, 2.45) is 16.2 Å². The van der Waals surface area contributed by atoms with E-state index in [9.17, 15) is 1.37 Å². The van der Waals surface area contributed by atoms with Crippen LogP contribution in [-0.4, -0.2) is 15.0 Å². The van der Waals surface area contributed by atoms with Crippen LogP contribution in [0.5, 0.6) is 11.5 Å². The maximum Gasteiger partial charge on any atom is 0.227 e. The Kier molecular flexibility index (Phi) is 7.51. The van der Waals surface area contributed by atoms with Gasteiger partial charge in [0.2, 0.25) is 5.71 Å². The molecule has 0 spiro atoms. The minimum Gasteiger partial charge on any atom is -0.457 e.